The number of hydrogen-bond donors (Lipinski definition) is 2. The Bertz CT molecular complexity index is 778. The summed E-state index contributed by atoms with van der Waals surface area (Å²) in [6.45, 7) is 0. The molecule has 20 heavy (non-hydrogen) atoms. The Morgan fingerprint density at radius 1 is 1.10 bits per heavy atom. The zero-order valence-electron chi connectivity index (χ0n) is 10.4. The highest BCUT2D eigenvalue weighted by Gasteiger charge is 2.09. The zero-order valence-corrected chi connectivity index (χ0v) is 10.4. The molecule has 2 aromatic heterocycles. The standard InChI is InChI=1S/C14H11N3O3/c18-11-4-1-9(2-5-11)7-13-16-15-12-6-3-10(14(19)20)8-17(12)13/h1-6,8,18H,7H2,(H,19,20). The number of carboxylic acids is 1. The van der Waals surface area contributed by atoms with Gasteiger partial charge in [0, 0.05) is 12.6 Å². The average molecular weight is 269 g/mol. The maximum absolute atomic E-state index is 11.0. The molecule has 2 heterocycles. The summed E-state index contributed by atoms with van der Waals surface area (Å²) < 4.78 is 1.66. The molecule has 2 N–H and O–H groups in total. The van der Waals surface area contributed by atoms with Crippen LogP contribution in [-0.2, 0) is 6.42 Å². The number of benzene rings is 1. The molecule has 0 fully saturated rings. The number of rotatable bonds is 3. The van der Waals surface area contributed by atoms with E-state index in [0.29, 0.717) is 17.9 Å². The number of carbonyl (C=O) groups is 1. The van der Waals surface area contributed by atoms with Crippen LogP contribution in [0.1, 0.15) is 21.7 Å². The number of pyridine rings is 1. The Balaban J connectivity index is 2.00. The summed E-state index contributed by atoms with van der Waals surface area (Å²) in [6.07, 6.45) is 2.01. The minimum atomic E-state index is -0.990. The van der Waals surface area contributed by atoms with Crippen LogP contribution in [0.5, 0.6) is 5.75 Å². The van der Waals surface area contributed by atoms with Crippen molar-refractivity contribution in [2.75, 3.05) is 0 Å². The van der Waals surface area contributed by atoms with E-state index in [0.717, 1.165) is 5.56 Å². The van der Waals surface area contributed by atoms with Crippen molar-refractivity contribution in [1.82, 2.24) is 14.6 Å². The molecule has 0 spiro atoms. The molecule has 0 radical (unpaired) electrons. The molecule has 0 atom stereocenters. The maximum atomic E-state index is 11.0. The first-order chi connectivity index (χ1) is 9.63. The van der Waals surface area contributed by atoms with Crippen LogP contribution in [0.15, 0.2) is 42.6 Å². The Morgan fingerprint density at radius 3 is 2.55 bits per heavy atom. The number of fused-ring (bicyclic) bond motifs is 1. The first-order valence-electron chi connectivity index (χ1n) is 5.98. The molecule has 1 aromatic carbocycles. The number of nitrogens with zero attached hydrogens (tertiary/aromatic N) is 3. The summed E-state index contributed by atoms with van der Waals surface area (Å²) in [5.74, 6) is -0.141. The largest absolute Gasteiger partial charge is 0.508 e. The van der Waals surface area contributed by atoms with Crippen LogP contribution < -0.4 is 0 Å². The van der Waals surface area contributed by atoms with Gasteiger partial charge >= 0.3 is 5.97 Å². The Hall–Kier alpha value is -2.89. The smallest absolute Gasteiger partial charge is 0.337 e. The molecule has 3 rings (SSSR count). The van der Waals surface area contributed by atoms with Crippen LogP contribution in [0.2, 0.25) is 0 Å². The van der Waals surface area contributed by atoms with E-state index in [9.17, 15) is 9.90 Å². The van der Waals surface area contributed by atoms with E-state index in [2.05, 4.69) is 10.2 Å². The van der Waals surface area contributed by atoms with Crippen molar-refractivity contribution >= 4 is 11.6 Å². The third kappa shape index (κ3) is 2.18. The topological polar surface area (TPSA) is 87.7 Å². The highest BCUT2D eigenvalue weighted by molar-refractivity contribution is 5.87. The zero-order chi connectivity index (χ0) is 14.1. The van der Waals surface area contributed by atoms with Gasteiger partial charge in [-0.15, -0.1) is 10.2 Å². The predicted molar refractivity (Wildman–Crippen MR) is 70.9 cm³/mol. The van der Waals surface area contributed by atoms with Crippen molar-refractivity contribution in [3.05, 3.63) is 59.5 Å². The van der Waals surface area contributed by atoms with Crippen LogP contribution in [0.4, 0.5) is 0 Å². The van der Waals surface area contributed by atoms with Crippen molar-refractivity contribution in [1.29, 1.82) is 0 Å². The van der Waals surface area contributed by atoms with Gasteiger partial charge in [0.1, 0.15) is 11.6 Å². The molecule has 6 nitrogen and oxygen atoms in total. The molecule has 100 valence electrons. The van der Waals surface area contributed by atoms with Gasteiger partial charge in [-0.3, -0.25) is 4.40 Å². The number of aromatic hydroxyl groups is 1. The second-order valence-corrected chi connectivity index (χ2v) is 4.41. The molecule has 0 bridgehead atoms. The monoisotopic (exact) mass is 269 g/mol. The fourth-order valence-corrected chi connectivity index (χ4v) is 1.98. The van der Waals surface area contributed by atoms with E-state index in [1.54, 1.807) is 34.7 Å². The van der Waals surface area contributed by atoms with Gasteiger partial charge in [0.05, 0.1) is 5.56 Å². The van der Waals surface area contributed by atoms with Gasteiger partial charge in [0.25, 0.3) is 0 Å². The van der Waals surface area contributed by atoms with E-state index >= 15 is 0 Å². The third-order valence-corrected chi connectivity index (χ3v) is 3.02. The molecular weight excluding hydrogens is 258 g/mol. The van der Waals surface area contributed by atoms with Gasteiger partial charge in [-0.25, -0.2) is 4.79 Å². The number of aromatic carboxylic acids is 1. The van der Waals surface area contributed by atoms with Crippen molar-refractivity contribution in [3.8, 4) is 5.75 Å². The highest BCUT2D eigenvalue weighted by Crippen LogP contribution is 2.14. The fraction of sp³-hybridized carbons (Fsp3) is 0.0714. The molecule has 0 aliphatic rings. The Morgan fingerprint density at radius 2 is 1.85 bits per heavy atom. The minimum Gasteiger partial charge on any atom is -0.508 e. The van der Waals surface area contributed by atoms with Gasteiger partial charge in [0.2, 0.25) is 0 Å². The lowest BCUT2D eigenvalue weighted by Gasteiger charge is -2.02. The van der Waals surface area contributed by atoms with Crippen molar-refractivity contribution < 1.29 is 15.0 Å². The molecule has 3 aromatic rings. The summed E-state index contributed by atoms with van der Waals surface area (Å²) in [5.41, 5.74) is 1.74. The number of phenolic OH excluding ortho intramolecular Hbond substituents is 1. The number of carboxylic acid groups (broad SMARTS) is 1. The summed E-state index contributed by atoms with van der Waals surface area (Å²) in [7, 11) is 0. The first-order valence-corrected chi connectivity index (χ1v) is 5.98. The fourth-order valence-electron chi connectivity index (χ4n) is 1.98. The molecule has 6 heteroatoms. The van der Waals surface area contributed by atoms with E-state index in [1.165, 1.54) is 12.3 Å². The number of aromatic nitrogens is 3. The van der Waals surface area contributed by atoms with Gasteiger partial charge in [-0.05, 0) is 29.8 Å². The summed E-state index contributed by atoms with van der Waals surface area (Å²) in [5, 5.41) is 26.3. The summed E-state index contributed by atoms with van der Waals surface area (Å²) in [4.78, 5) is 11.0. The van der Waals surface area contributed by atoms with E-state index < -0.39 is 5.97 Å². The van der Waals surface area contributed by atoms with Crippen LogP contribution in [0, 0.1) is 0 Å². The van der Waals surface area contributed by atoms with Crippen molar-refractivity contribution in [2.45, 2.75) is 6.42 Å². The van der Waals surface area contributed by atoms with Crippen LogP contribution in [0.3, 0.4) is 0 Å². The summed E-state index contributed by atoms with van der Waals surface area (Å²) >= 11 is 0. The number of hydrogen-bond acceptors (Lipinski definition) is 4. The Kier molecular flexibility index (Phi) is 2.83. The molecule has 0 aliphatic carbocycles. The second kappa shape index (κ2) is 4.65. The van der Waals surface area contributed by atoms with Crippen LogP contribution in [-0.4, -0.2) is 30.8 Å². The van der Waals surface area contributed by atoms with Gasteiger partial charge < -0.3 is 10.2 Å². The third-order valence-electron chi connectivity index (χ3n) is 3.02. The predicted octanol–water partition coefficient (Wildman–Crippen LogP) is 1.72. The molecule has 0 unspecified atom stereocenters. The molecule has 0 saturated heterocycles. The lowest BCUT2D eigenvalue weighted by molar-refractivity contribution is 0.0696. The van der Waals surface area contributed by atoms with E-state index in [-0.39, 0.29) is 11.3 Å². The van der Waals surface area contributed by atoms with Crippen LogP contribution >= 0.6 is 0 Å². The minimum absolute atomic E-state index is 0.184. The number of phenols is 1. The van der Waals surface area contributed by atoms with E-state index in [4.69, 9.17) is 5.11 Å². The van der Waals surface area contributed by atoms with Gasteiger partial charge in [0.15, 0.2) is 5.65 Å². The second-order valence-electron chi connectivity index (χ2n) is 4.41. The van der Waals surface area contributed by atoms with Crippen molar-refractivity contribution in [3.63, 3.8) is 0 Å². The van der Waals surface area contributed by atoms with Crippen LogP contribution in [0.25, 0.3) is 5.65 Å². The maximum Gasteiger partial charge on any atom is 0.337 e. The molecular formula is C14H11N3O3. The average Bonchev–Trinajstić information content (AvgIpc) is 2.84. The lowest BCUT2D eigenvalue weighted by Crippen LogP contribution is -2.01. The molecule has 0 saturated carbocycles. The first kappa shape index (κ1) is 12.2. The summed E-state index contributed by atoms with van der Waals surface area (Å²) in [6, 6.07) is 9.89. The molecule has 0 aliphatic heterocycles. The quantitative estimate of drug-likeness (QED) is 0.756. The molecule has 0 amide bonds. The Labute approximate surface area is 113 Å². The van der Waals surface area contributed by atoms with E-state index in [1.807, 2.05) is 0 Å². The lowest BCUT2D eigenvalue weighted by atomic mass is 10.1. The normalized spacial score (nSPS) is 10.8. The van der Waals surface area contributed by atoms with Gasteiger partial charge in [-0.2, -0.15) is 0 Å². The van der Waals surface area contributed by atoms with Gasteiger partial charge in [-0.1, -0.05) is 12.1 Å². The highest BCUT2D eigenvalue weighted by atomic mass is 16.4. The van der Waals surface area contributed by atoms with Crippen molar-refractivity contribution in [2.24, 2.45) is 0 Å². The SMILES string of the molecule is O=C(O)c1ccc2nnc(Cc3ccc(O)cc3)n2c1.